The summed E-state index contributed by atoms with van der Waals surface area (Å²) in [5.74, 6) is -1.37. The lowest BCUT2D eigenvalue weighted by Gasteiger charge is -2.08. The monoisotopic (exact) mass is 381 g/mol. The summed E-state index contributed by atoms with van der Waals surface area (Å²) in [5, 5.41) is 12.1. The maximum absolute atomic E-state index is 12.3. The molecule has 0 unspecified atom stereocenters. The first kappa shape index (κ1) is 18.2. The molecule has 0 bridgehead atoms. The number of fused-ring (bicyclic) bond motifs is 1. The van der Waals surface area contributed by atoms with Gasteiger partial charge >= 0.3 is 5.97 Å². The second-order valence-electron chi connectivity index (χ2n) is 5.52. The van der Waals surface area contributed by atoms with Gasteiger partial charge in [-0.25, -0.2) is 4.79 Å². The average Bonchev–Trinajstić information content (AvgIpc) is 2.65. The van der Waals surface area contributed by atoms with E-state index < -0.39 is 24.0 Å². The van der Waals surface area contributed by atoms with Crippen LogP contribution in [-0.4, -0.2) is 23.5 Å². The minimum atomic E-state index is -0.787. The van der Waals surface area contributed by atoms with E-state index in [0.717, 1.165) is 6.07 Å². The van der Waals surface area contributed by atoms with E-state index in [1.807, 2.05) is 6.07 Å². The number of H-pyrrole nitrogens is 1. The number of pyridine rings is 1. The van der Waals surface area contributed by atoms with Crippen LogP contribution in [0.3, 0.4) is 0 Å². The Balaban J connectivity index is 1.69. The van der Waals surface area contributed by atoms with E-state index in [0.29, 0.717) is 16.6 Å². The first-order valence-corrected chi connectivity index (χ1v) is 8.14. The molecule has 0 fully saturated rings. The number of aromatic nitrogens is 1. The maximum atomic E-state index is 12.3. The maximum Gasteiger partial charge on any atom is 0.339 e. The molecule has 27 heavy (non-hydrogen) atoms. The molecule has 1 aromatic heterocycles. The summed E-state index contributed by atoms with van der Waals surface area (Å²) >= 11 is 5.90. The topological polar surface area (TPSA) is 112 Å². The number of aromatic amines is 1. The molecule has 134 valence electrons. The van der Waals surface area contributed by atoms with Gasteiger partial charge < -0.3 is 15.0 Å². The molecule has 2 aromatic carbocycles. The lowest BCUT2D eigenvalue weighted by atomic mass is 10.1. The third kappa shape index (κ3) is 4.14. The molecule has 3 aromatic rings. The Morgan fingerprint density at radius 2 is 1.96 bits per heavy atom. The molecule has 0 saturated heterocycles. The van der Waals surface area contributed by atoms with Gasteiger partial charge in [0.25, 0.3) is 5.91 Å². The van der Waals surface area contributed by atoms with Crippen LogP contribution in [0.25, 0.3) is 10.9 Å². The highest BCUT2D eigenvalue weighted by molar-refractivity contribution is 6.32. The number of ether oxygens (including phenoxy) is 1. The number of benzene rings is 2. The Bertz CT molecular complexity index is 1150. The zero-order chi connectivity index (χ0) is 19.4. The van der Waals surface area contributed by atoms with Gasteiger partial charge in [0.15, 0.2) is 6.61 Å². The first-order chi connectivity index (χ1) is 13.0. The van der Waals surface area contributed by atoms with Gasteiger partial charge in [0, 0.05) is 22.7 Å². The van der Waals surface area contributed by atoms with Crippen molar-refractivity contribution in [3.8, 4) is 6.07 Å². The normalized spacial score (nSPS) is 10.2. The predicted molar refractivity (Wildman–Crippen MR) is 99.6 cm³/mol. The van der Waals surface area contributed by atoms with Crippen molar-refractivity contribution in [2.75, 3.05) is 11.9 Å². The Labute approximate surface area is 158 Å². The molecule has 0 radical (unpaired) electrons. The Morgan fingerprint density at radius 1 is 1.19 bits per heavy atom. The van der Waals surface area contributed by atoms with Gasteiger partial charge in [0.1, 0.15) is 6.07 Å². The molecule has 0 aliphatic rings. The van der Waals surface area contributed by atoms with E-state index in [1.54, 1.807) is 24.3 Å². The van der Waals surface area contributed by atoms with Crippen molar-refractivity contribution in [2.24, 2.45) is 0 Å². The molecule has 2 N–H and O–H groups in total. The third-order valence-corrected chi connectivity index (χ3v) is 3.99. The van der Waals surface area contributed by atoms with Crippen molar-refractivity contribution >= 4 is 40.1 Å². The van der Waals surface area contributed by atoms with Gasteiger partial charge in [-0.2, -0.15) is 5.26 Å². The molecule has 1 amide bonds. The van der Waals surface area contributed by atoms with Gasteiger partial charge in [-0.3, -0.25) is 9.59 Å². The summed E-state index contributed by atoms with van der Waals surface area (Å²) in [6, 6.07) is 14.2. The van der Waals surface area contributed by atoms with E-state index in [-0.39, 0.29) is 16.1 Å². The fourth-order valence-corrected chi connectivity index (χ4v) is 2.69. The number of halogens is 1. The van der Waals surface area contributed by atoms with Crippen LogP contribution in [0.5, 0.6) is 0 Å². The molecular weight excluding hydrogens is 370 g/mol. The molecule has 7 nitrogen and oxygen atoms in total. The van der Waals surface area contributed by atoms with Gasteiger partial charge in [-0.05, 0) is 24.3 Å². The number of hydrogen-bond acceptors (Lipinski definition) is 5. The Kier molecular flexibility index (Phi) is 5.20. The van der Waals surface area contributed by atoms with Crippen LogP contribution in [0.1, 0.15) is 15.9 Å². The van der Waals surface area contributed by atoms with Crippen molar-refractivity contribution in [2.45, 2.75) is 0 Å². The van der Waals surface area contributed by atoms with Crippen molar-refractivity contribution in [3.05, 3.63) is 75.0 Å². The summed E-state index contributed by atoms with van der Waals surface area (Å²) in [6.07, 6.45) is 0. The van der Waals surface area contributed by atoms with Crippen LogP contribution >= 0.6 is 11.6 Å². The first-order valence-electron chi connectivity index (χ1n) is 7.76. The van der Waals surface area contributed by atoms with E-state index in [4.69, 9.17) is 21.6 Å². The minimum absolute atomic E-state index is 0.0727. The summed E-state index contributed by atoms with van der Waals surface area (Å²) in [7, 11) is 0. The summed E-state index contributed by atoms with van der Waals surface area (Å²) in [5.41, 5.74) is 0.762. The van der Waals surface area contributed by atoms with Crippen molar-refractivity contribution in [3.63, 3.8) is 0 Å². The molecule has 0 spiro atoms. The van der Waals surface area contributed by atoms with E-state index >= 15 is 0 Å². The second kappa shape index (κ2) is 7.72. The SMILES string of the molecule is N#Cc1ccc(NC(=O)COC(=O)c2cc(=O)[nH]c3ccccc23)cc1Cl. The molecule has 0 saturated carbocycles. The second-order valence-corrected chi connectivity index (χ2v) is 5.93. The number of carbonyl (C=O) groups is 2. The van der Waals surface area contributed by atoms with Crippen LogP contribution in [0.15, 0.2) is 53.3 Å². The molecule has 0 aliphatic heterocycles. The van der Waals surface area contributed by atoms with Crippen LogP contribution in [0.2, 0.25) is 5.02 Å². The van der Waals surface area contributed by atoms with Crippen molar-refractivity contribution < 1.29 is 14.3 Å². The Morgan fingerprint density at radius 3 is 2.70 bits per heavy atom. The molecule has 0 atom stereocenters. The number of nitrogens with zero attached hydrogens (tertiary/aromatic N) is 1. The smallest absolute Gasteiger partial charge is 0.339 e. The number of esters is 1. The lowest BCUT2D eigenvalue weighted by Crippen LogP contribution is -2.22. The molecule has 1 heterocycles. The zero-order valence-corrected chi connectivity index (χ0v) is 14.5. The van der Waals surface area contributed by atoms with Crippen molar-refractivity contribution in [1.82, 2.24) is 4.98 Å². The minimum Gasteiger partial charge on any atom is -0.452 e. The third-order valence-electron chi connectivity index (χ3n) is 3.68. The van der Waals surface area contributed by atoms with Gasteiger partial charge in [-0.1, -0.05) is 29.8 Å². The van der Waals surface area contributed by atoms with Crippen molar-refractivity contribution in [1.29, 1.82) is 5.26 Å². The number of carbonyl (C=O) groups excluding carboxylic acids is 2. The average molecular weight is 382 g/mol. The summed E-state index contributed by atoms with van der Waals surface area (Å²) in [4.78, 5) is 38.6. The van der Waals surface area contributed by atoms with E-state index in [2.05, 4.69) is 10.3 Å². The fraction of sp³-hybridized carbons (Fsp3) is 0.0526. The quantitative estimate of drug-likeness (QED) is 0.675. The number of nitrogens with one attached hydrogen (secondary N) is 2. The van der Waals surface area contributed by atoms with E-state index in [9.17, 15) is 14.4 Å². The highest BCUT2D eigenvalue weighted by Crippen LogP contribution is 2.20. The molecule has 3 rings (SSSR count). The Hall–Kier alpha value is -3.63. The summed E-state index contributed by atoms with van der Waals surface area (Å²) < 4.78 is 5.01. The number of hydrogen-bond donors (Lipinski definition) is 2. The number of para-hydroxylation sites is 1. The zero-order valence-electron chi connectivity index (χ0n) is 13.8. The van der Waals surface area contributed by atoms with Gasteiger partial charge in [0.2, 0.25) is 5.56 Å². The molecular formula is C19H12ClN3O4. The largest absolute Gasteiger partial charge is 0.452 e. The van der Waals surface area contributed by atoms with E-state index in [1.165, 1.54) is 18.2 Å². The highest BCUT2D eigenvalue weighted by atomic mass is 35.5. The lowest BCUT2D eigenvalue weighted by molar-refractivity contribution is -0.119. The molecule has 0 aliphatic carbocycles. The van der Waals surface area contributed by atoms with Gasteiger partial charge in [0.05, 0.1) is 16.1 Å². The summed E-state index contributed by atoms with van der Waals surface area (Å²) in [6.45, 7) is -0.544. The fourth-order valence-electron chi connectivity index (χ4n) is 2.46. The van der Waals surface area contributed by atoms with Crippen LogP contribution in [0.4, 0.5) is 5.69 Å². The van der Waals surface area contributed by atoms with Crippen LogP contribution in [-0.2, 0) is 9.53 Å². The number of anilines is 1. The number of rotatable bonds is 4. The number of nitriles is 1. The number of amides is 1. The standard InChI is InChI=1S/C19H12ClN3O4/c20-15-7-12(6-5-11(15)9-21)22-18(25)10-27-19(26)14-8-17(24)23-16-4-2-1-3-13(14)16/h1-8H,10H2,(H,22,25)(H,23,24). The van der Waals surface area contributed by atoms with Crippen LogP contribution < -0.4 is 10.9 Å². The van der Waals surface area contributed by atoms with Gasteiger partial charge in [-0.15, -0.1) is 0 Å². The van der Waals surface area contributed by atoms with Crippen LogP contribution in [0, 0.1) is 11.3 Å². The predicted octanol–water partition coefficient (Wildman–Crippen LogP) is 2.85. The highest BCUT2D eigenvalue weighted by Gasteiger charge is 2.15. The molecule has 8 heteroatoms.